The Morgan fingerprint density at radius 2 is 1.53 bits per heavy atom. The molecule has 0 saturated heterocycles. The van der Waals surface area contributed by atoms with Crippen LogP contribution in [0.5, 0.6) is 0 Å². The fourth-order valence-electron chi connectivity index (χ4n) is 2.93. The molecule has 0 aliphatic heterocycles. The first kappa shape index (κ1) is 29.0. The van der Waals surface area contributed by atoms with Gasteiger partial charge in [0, 0.05) is 41.1 Å². The SMILES string of the molecule is Cc1ccc(-c2[c-]cc(-c3[c-]cccc3)[c-]c2)[c-]c1-c1cccn[n+]1C.[B].[CH3-].[Y+3].[Y]. The molecule has 1 aromatic heterocycles. The Hall–Kier alpha value is -0.987. The zero-order chi connectivity index (χ0) is 17.9. The Morgan fingerprint density at radius 3 is 2.13 bits per heavy atom. The van der Waals surface area contributed by atoms with Crippen LogP contribution in [-0.4, -0.2) is 13.5 Å². The Bertz CT molecular complexity index is 1050. The van der Waals surface area contributed by atoms with Gasteiger partial charge in [-0.1, -0.05) is 12.5 Å². The molecule has 2 nitrogen and oxygen atoms in total. The van der Waals surface area contributed by atoms with E-state index in [0.717, 1.165) is 39.1 Å². The zero-order valence-electron chi connectivity index (χ0n) is 17.5. The quantitative estimate of drug-likeness (QED) is 0.214. The van der Waals surface area contributed by atoms with E-state index in [9.17, 15) is 0 Å². The van der Waals surface area contributed by atoms with Crippen molar-refractivity contribution in [3.05, 3.63) is 104 Å². The molecule has 0 unspecified atom stereocenters. The van der Waals surface area contributed by atoms with Crippen molar-refractivity contribution in [2.45, 2.75) is 6.92 Å². The Labute approximate surface area is 232 Å². The van der Waals surface area contributed by atoms with E-state index in [1.165, 1.54) is 0 Å². The van der Waals surface area contributed by atoms with E-state index in [1.54, 1.807) is 6.20 Å². The van der Waals surface area contributed by atoms with Crippen LogP contribution >= 0.6 is 0 Å². The predicted octanol–water partition coefficient (Wildman–Crippen LogP) is 4.48. The summed E-state index contributed by atoms with van der Waals surface area (Å²) >= 11 is 0. The summed E-state index contributed by atoms with van der Waals surface area (Å²) in [4.78, 5) is 0. The number of rotatable bonds is 3. The normalized spacial score (nSPS) is 9.27. The third-order valence-corrected chi connectivity index (χ3v) is 4.37. The maximum atomic E-state index is 4.32. The van der Waals surface area contributed by atoms with E-state index in [1.807, 2.05) is 54.2 Å². The summed E-state index contributed by atoms with van der Waals surface area (Å²) in [7, 11) is 1.94. The molecule has 0 saturated carbocycles. The standard InChI is InChI=1S/C24H17N2.CH3.B.2Y/c1-18-10-11-22(17-23(18)24-9-6-16-25-26(24)2)21-14-12-20(13-15-21)19-7-4-3-5-8-19;;;;/h3-7,9-12,15-16H,1-2H3;1H3;;;/q-3;-1;;;+3. The van der Waals surface area contributed by atoms with Crippen molar-refractivity contribution in [2.75, 3.05) is 0 Å². The number of aryl methyl sites for hydroxylation is 2. The Morgan fingerprint density at radius 1 is 0.833 bits per heavy atom. The minimum absolute atomic E-state index is 0. The summed E-state index contributed by atoms with van der Waals surface area (Å²) in [5, 5.41) is 4.32. The Balaban J connectivity index is 0.00000210. The maximum absolute atomic E-state index is 4.32. The molecule has 0 atom stereocenters. The Kier molecular flexibility index (Phi) is 13.0. The van der Waals surface area contributed by atoms with E-state index in [2.05, 4.69) is 54.5 Å². The van der Waals surface area contributed by atoms with Gasteiger partial charge in [-0.25, -0.2) is 46.5 Å². The average Bonchev–Trinajstić information content (AvgIpc) is 2.70. The second-order valence-electron chi connectivity index (χ2n) is 6.14. The first-order valence-corrected chi connectivity index (χ1v) is 8.48. The van der Waals surface area contributed by atoms with Crippen LogP contribution in [0.15, 0.2) is 66.9 Å². The molecule has 0 aliphatic rings. The van der Waals surface area contributed by atoms with Gasteiger partial charge in [-0.15, -0.1) is 22.4 Å². The number of hydrogen-bond acceptors (Lipinski definition) is 1. The number of hydrogen-bond donors (Lipinski definition) is 0. The average molecular weight is 537 g/mol. The molecular weight excluding hydrogens is 517 g/mol. The van der Waals surface area contributed by atoms with Crippen LogP contribution < -0.4 is 4.68 Å². The fraction of sp³-hybridized carbons (Fsp3) is 0.0800. The third kappa shape index (κ3) is 6.50. The van der Waals surface area contributed by atoms with Gasteiger partial charge in [0.2, 0.25) is 0 Å². The molecule has 0 amide bonds. The molecule has 140 valence electrons. The van der Waals surface area contributed by atoms with Crippen LogP contribution in [0.3, 0.4) is 0 Å². The van der Waals surface area contributed by atoms with E-state index in [0.29, 0.717) is 0 Å². The van der Waals surface area contributed by atoms with Crippen LogP contribution in [0.1, 0.15) is 5.56 Å². The van der Waals surface area contributed by atoms with Gasteiger partial charge in [-0.2, -0.15) is 36.4 Å². The van der Waals surface area contributed by atoms with Gasteiger partial charge in [0.25, 0.3) is 0 Å². The van der Waals surface area contributed by atoms with Gasteiger partial charge in [0.15, 0.2) is 12.7 Å². The molecular formula is C25H20BN2Y2-. The van der Waals surface area contributed by atoms with Gasteiger partial charge < -0.3 is 7.43 Å². The molecule has 0 spiro atoms. The largest absolute Gasteiger partial charge is 3.00 e. The van der Waals surface area contributed by atoms with Crippen molar-refractivity contribution in [1.29, 1.82) is 0 Å². The molecule has 3 aromatic carbocycles. The van der Waals surface area contributed by atoms with Crippen molar-refractivity contribution in [3.8, 4) is 33.5 Å². The predicted molar refractivity (Wildman–Crippen MR) is 114 cm³/mol. The van der Waals surface area contributed by atoms with E-state index in [4.69, 9.17) is 0 Å². The van der Waals surface area contributed by atoms with Gasteiger partial charge in [0.1, 0.15) is 0 Å². The minimum Gasteiger partial charge on any atom is -0.358 e. The van der Waals surface area contributed by atoms with Crippen molar-refractivity contribution in [1.82, 2.24) is 5.10 Å². The number of benzene rings is 3. The van der Waals surface area contributed by atoms with Crippen molar-refractivity contribution in [2.24, 2.45) is 7.05 Å². The van der Waals surface area contributed by atoms with Gasteiger partial charge in [0.05, 0.1) is 6.20 Å². The summed E-state index contributed by atoms with van der Waals surface area (Å²) in [6.45, 7) is 2.09. The van der Waals surface area contributed by atoms with Crippen LogP contribution in [-0.2, 0) is 72.5 Å². The molecule has 0 aliphatic carbocycles. The van der Waals surface area contributed by atoms with Crippen LogP contribution in [0.25, 0.3) is 33.5 Å². The van der Waals surface area contributed by atoms with Crippen molar-refractivity contribution >= 4 is 8.41 Å². The summed E-state index contributed by atoms with van der Waals surface area (Å²) in [5.41, 5.74) is 7.22. The molecule has 0 bridgehead atoms. The summed E-state index contributed by atoms with van der Waals surface area (Å²) in [6, 6.07) is 33.4. The summed E-state index contributed by atoms with van der Waals surface area (Å²) in [5.74, 6) is 0. The van der Waals surface area contributed by atoms with Crippen LogP contribution in [0, 0.1) is 38.6 Å². The van der Waals surface area contributed by atoms with Crippen molar-refractivity contribution in [3.63, 3.8) is 0 Å². The third-order valence-electron chi connectivity index (χ3n) is 4.37. The van der Waals surface area contributed by atoms with Gasteiger partial charge >= 0.3 is 32.7 Å². The van der Waals surface area contributed by atoms with E-state index >= 15 is 0 Å². The molecule has 0 N–H and O–H groups in total. The maximum Gasteiger partial charge on any atom is 3.00 e. The van der Waals surface area contributed by atoms with Crippen molar-refractivity contribution < 1.29 is 70.1 Å². The number of nitrogens with zero attached hydrogens (tertiary/aromatic N) is 2. The summed E-state index contributed by atoms with van der Waals surface area (Å²) in [6.07, 6.45) is 1.78. The van der Waals surface area contributed by atoms with E-state index in [-0.39, 0.29) is 81.3 Å². The summed E-state index contributed by atoms with van der Waals surface area (Å²) < 4.78 is 1.87. The molecule has 5 heteroatoms. The zero-order valence-corrected chi connectivity index (χ0v) is 23.2. The molecule has 4 aromatic rings. The molecule has 30 heavy (non-hydrogen) atoms. The van der Waals surface area contributed by atoms with Crippen LogP contribution in [0.2, 0.25) is 0 Å². The van der Waals surface area contributed by atoms with Gasteiger partial charge in [-0.3, -0.25) is 0 Å². The monoisotopic (exact) mass is 537 g/mol. The van der Waals surface area contributed by atoms with Crippen LogP contribution in [0.4, 0.5) is 0 Å². The minimum atomic E-state index is 0. The smallest absolute Gasteiger partial charge is 0.358 e. The fourth-order valence-corrected chi connectivity index (χ4v) is 2.93. The molecule has 4 radical (unpaired) electrons. The molecule has 1 heterocycles. The first-order chi connectivity index (χ1) is 12.7. The van der Waals surface area contributed by atoms with E-state index < -0.39 is 0 Å². The topological polar surface area (TPSA) is 16.8 Å². The second-order valence-corrected chi connectivity index (χ2v) is 6.14. The number of aromatic nitrogens is 2. The second kappa shape index (κ2) is 13.4. The van der Waals surface area contributed by atoms with Gasteiger partial charge in [-0.05, 0) is 17.2 Å². The molecule has 4 rings (SSSR count). The first-order valence-electron chi connectivity index (χ1n) is 8.48. The molecule has 0 fully saturated rings.